The Morgan fingerprint density at radius 3 is 2.16 bits per heavy atom. The molecular formula is C38H56N2O8SSi. The van der Waals surface area contributed by atoms with Gasteiger partial charge in [-0.15, -0.1) is 11.3 Å². The Morgan fingerprint density at radius 1 is 1.00 bits per heavy atom. The summed E-state index contributed by atoms with van der Waals surface area (Å²) in [5.41, 5.74) is 2.34. The fraction of sp³-hybridized carbons (Fsp3) is 0.605. The lowest BCUT2D eigenvalue weighted by Crippen LogP contribution is -2.45. The van der Waals surface area contributed by atoms with Gasteiger partial charge in [0.15, 0.2) is 8.32 Å². The molecule has 1 aromatic heterocycles. The molecule has 1 amide bonds. The molecular weight excluding hydrogens is 673 g/mol. The number of aromatic nitrogens is 1. The summed E-state index contributed by atoms with van der Waals surface area (Å²) in [6.07, 6.45) is 3.25. The molecule has 1 aliphatic rings. The van der Waals surface area contributed by atoms with E-state index < -0.39 is 38.2 Å². The predicted octanol–water partition coefficient (Wildman–Crippen LogP) is 9.78. The first kappa shape index (κ1) is 39.6. The number of thiazole rings is 1. The van der Waals surface area contributed by atoms with Gasteiger partial charge in [0.2, 0.25) is 0 Å². The van der Waals surface area contributed by atoms with Crippen molar-refractivity contribution in [2.75, 3.05) is 26.1 Å². The van der Waals surface area contributed by atoms with Crippen molar-refractivity contribution in [1.82, 2.24) is 4.98 Å². The summed E-state index contributed by atoms with van der Waals surface area (Å²) in [7, 11) is 0.973. The number of amides is 1. The maximum atomic E-state index is 13.2. The standard InChI is InChI=1S/C38H56N2O8SSi/c1-13-45-35(41)27-20-25(39-36(42)47-37(3,4)5)21-31-33(27)40-32(49-31)22-30(46-26-16-14-15-17-26)34(48-50(11,12)38(6,7)8)24-18-28(43-9)23(2)29(19-24)44-10/h18-21,26,30,34H,13-17,22H2,1-12H3,(H,39,42)/t30-,34+/m0/s1. The summed E-state index contributed by atoms with van der Waals surface area (Å²) in [6, 6.07) is 7.47. The Kier molecular flexibility index (Phi) is 12.7. The fourth-order valence-electron chi connectivity index (χ4n) is 5.81. The van der Waals surface area contributed by atoms with Crippen molar-refractivity contribution in [2.45, 2.75) is 130 Å². The van der Waals surface area contributed by atoms with Crippen molar-refractivity contribution >= 4 is 47.6 Å². The molecule has 50 heavy (non-hydrogen) atoms. The van der Waals surface area contributed by atoms with Crippen LogP contribution in [0, 0.1) is 6.92 Å². The molecule has 4 rings (SSSR count). The molecule has 3 aromatic rings. The van der Waals surface area contributed by atoms with Crippen molar-refractivity contribution in [3.05, 3.63) is 46.0 Å². The molecule has 0 spiro atoms. The highest BCUT2D eigenvalue weighted by Crippen LogP contribution is 2.44. The van der Waals surface area contributed by atoms with Crippen LogP contribution in [0.25, 0.3) is 10.2 Å². The van der Waals surface area contributed by atoms with Crippen LogP contribution in [-0.2, 0) is 25.1 Å². The molecule has 0 radical (unpaired) electrons. The molecule has 1 fully saturated rings. The molecule has 0 unspecified atom stereocenters. The number of nitrogens with zero attached hydrogens (tertiary/aromatic N) is 1. The lowest BCUT2D eigenvalue weighted by Gasteiger charge is -2.42. The summed E-state index contributed by atoms with van der Waals surface area (Å²) in [4.78, 5) is 30.9. The number of benzene rings is 2. The lowest BCUT2D eigenvalue weighted by atomic mass is 9.99. The number of nitrogens with one attached hydrogen (secondary N) is 1. The van der Waals surface area contributed by atoms with Gasteiger partial charge in [-0.3, -0.25) is 5.32 Å². The zero-order valence-corrected chi connectivity index (χ0v) is 33.7. The van der Waals surface area contributed by atoms with E-state index in [-0.39, 0.29) is 23.3 Å². The third-order valence-electron chi connectivity index (χ3n) is 9.39. The summed E-state index contributed by atoms with van der Waals surface area (Å²) >= 11 is 1.46. The Labute approximate surface area is 302 Å². The molecule has 276 valence electrons. The Balaban J connectivity index is 1.84. The molecule has 1 saturated carbocycles. The van der Waals surface area contributed by atoms with E-state index in [1.165, 1.54) is 11.3 Å². The third kappa shape index (κ3) is 9.77. The van der Waals surface area contributed by atoms with Gasteiger partial charge in [0.05, 0.1) is 59.9 Å². The number of rotatable bonds is 13. The van der Waals surface area contributed by atoms with Crippen molar-refractivity contribution in [3.63, 3.8) is 0 Å². The van der Waals surface area contributed by atoms with E-state index in [4.69, 9.17) is 33.1 Å². The van der Waals surface area contributed by atoms with Gasteiger partial charge in [0.25, 0.3) is 0 Å². The second-order valence-electron chi connectivity index (χ2n) is 15.5. The zero-order valence-electron chi connectivity index (χ0n) is 31.9. The first-order chi connectivity index (χ1) is 23.4. The van der Waals surface area contributed by atoms with E-state index in [1.807, 2.05) is 25.1 Å². The summed E-state index contributed by atoms with van der Waals surface area (Å²) in [6.45, 7) is 20.5. The van der Waals surface area contributed by atoms with Crippen LogP contribution in [0.15, 0.2) is 24.3 Å². The van der Waals surface area contributed by atoms with Gasteiger partial charge in [-0.2, -0.15) is 0 Å². The molecule has 10 nitrogen and oxygen atoms in total. The van der Waals surface area contributed by atoms with Gasteiger partial charge in [-0.05, 0) is 95.4 Å². The van der Waals surface area contributed by atoms with Crippen LogP contribution in [0.5, 0.6) is 11.5 Å². The number of methoxy groups -OCH3 is 2. The zero-order chi connectivity index (χ0) is 37.0. The second kappa shape index (κ2) is 16.0. The number of hydrogen-bond donors (Lipinski definition) is 1. The van der Waals surface area contributed by atoms with E-state index in [1.54, 1.807) is 48.0 Å². The van der Waals surface area contributed by atoms with Gasteiger partial charge in [-0.1, -0.05) is 33.6 Å². The minimum atomic E-state index is -2.35. The van der Waals surface area contributed by atoms with Gasteiger partial charge in [-0.25, -0.2) is 14.6 Å². The highest BCUT2D eigenvalue weighted by atomic mass is 32.1. The molecule has 0 aliphatic heterocycles. The number of anilines is 1. The maximum absolute atomic E-state index is 13.2. The maximum Gasteiger partial charge on any atom is 0.412 e. The summed E-state index contributed by atoms with van der Waals surface area (Å²) in [5.74, 6) is 0.915. The molecule has 2 atom stereocenters. The van der Waals surface area contributed by atoms with Gasteiger partial charge in [0.1, 0.15) is 17.1 Å². The summed E-state index contributed by atoms with van der Waals surface area (Å²) < 4.78 is 37.5. The molecule has 12 heteroatoms. The van der Waals surface area contributed by atoms with Crippen molar-refractivity contribution < 1.29 is 37.7 Å². The average molecular weight is 729 g/mol. The molecule has 0 saturated heterocycles. The number of ether oxygens (including phenoxy) is 5. The minimum absolute atomic E-state index is 0.0655. The monoisotopic (exact) mass is 728 g/mol. The predicted molar refractivity (Wildman–Crippen MR) is 202 cm³/mol. The number of esters is 1. The van der Waals surface area contributed by atoms with Crippen LogP contribution < -0.4 is 14.8 Å². The number of carbonyl (C=O) groups is 2. The Bertz CT molecular complexity index is 1630. The average Bonchev–Trinajstić information content (AvgIpc) is 3.67. The first-order valence-electron chi connectivity index (χ1n) is 17.5. The highest BCUT2D eigenvalue weighted by molar-refractivity contribution is 7.18. The van der Waals surface area contributed by atoms with Crippen LogP contribution in [0.4, 0.5) is 10.5 Å². The van der Waals surface area contributed by atoms with E-state index in [9.17, 15) is 9.59 Å². The lowest BCUT2D eigenvalue weighted by molar-refractivity contribution is -0.0704. The van der Waals surface area contributed by atoms with Crippen LogP contribution in [0.3, 0.4) is 0 Å². The van der Waals surface area contributed by atoms with Crippen LogP contribution in [0.2, 0.25) is 18.1 Å². The molecule has 2 aromatic carbocycles. The van der Waals surface area contributed by atoms with Crippen molar-refractivity contribution in [3.8, 4) is 11.5 Å². The quantitative estimate of drug-likeness (QED) is 0.136. The Morgan fingerprint density at radius 2 is 1.62 bits per heavy atom. The van der Waals surface area contributed by atoms with E-state index in [2.05, 4.69) is 39.2 Å². The van der Waals surface area contributed by atoms with Gasteiger partial charge < -0.3 is 28.1 Å². The summed E-state index contributed by atoms with van der Waals surface area (Å²) in [5, 5.41) is 3.49. The first-order valence-corrected chi connectivity index (χ1v) is 21.2. The molecule has 1 heterocycles. The van der Waals surface area contributed by atoms with E-state index in [0.29, 0.717) is 29.1 Å². The number of fused-ring (bicyclic) bond motifs is 1. The van der Waals surface area contributed by atoms with Crippen LogP contribution in [0.1, 0.15) is 107 Å². The largest absolute Gasteiger partial charge is 0.496 e. The molecule has 1 N–H and O–H groups in total. The van der Waals surface area contributed by atoms with Gasteiger partial charge >= 0.3 is 12.1 Å². The minimum Gasteiger partial charge on any atom is -0.496 e. The smallest absolute Gasteiger partial charge is 0.412 e. The Hall–Kier alpha value is -3.19. The topological polar surface area (TPSA) is 114 Å². The van der Waals surface area contributed by atoms with E-state index in [0.717, 1.165) is 46.5 Å². The molecule has 1 aliphatic carbocycles. The van der Waals surface area contributed by atoms with Crippen LogP contribution >= 0.6 is 11.3 Å². The second-order valence-corrected chi connectivity index (χ2v) is 21.3. The van der Waals surface area contributed by atoms with Crippen LogP contribution in [-0.4, -0.2) is 64.0 Å². The molecule has 0 bridgehead atoms. The number of carbonyl (C=O) groups excluding carboxylic acids is 2. The number of hydrogen-bond acceptors (Lipinski definition) is 10. The normalized spacial score (nSPS) is 15.5. The van der Waals surface area contributed by atoms with Gasteiger partial charge in [0, 0.05) is 17.7 Å². The van der Waals surface area contributed by atoms with Crippen molar-refractivity contribution in [2.24, 2.45) is 0 Å². The van der Waals surface area contributed by atoms with E-state index >= 15 is 0 Å². The highest BCUT2D eigenvalue weighted by Gasteiger charge is 2.43. The third-order valence-corrected chi connectivity index (χ3v) is 14.9. The van der Waals surface area contributed by atoms with Crippen molar-refractivity contribution in [1.29, 1.82) is 0 Å². The SMILES string of the molecule is CCOC(=O)c1cc(NC(=O)OC(C)(C)C)cc2sc(C[C@H](OC3CCCC3)[C@H](O[Si](C)(C)C(C)(C)C)c3cc(OC)c(C)c(OC)c3)nc12. The fourth-order valence-corrected chi connectivity index (χ4v) is 8.17.